The summed E-state index contributed by atoms with van der Waals surface area (Å²) in [4.78, 5) is 4.12. The molecule has 1 aromatic rings. The fraction of sp³-hybridized carbons (Fsp3) is 0.500. The third-order valence-electron chi connectivity index (χ3n) is 0.947. The molecule has 0 spiro atoms. The van der Waals surface area contributed by atoms with Gasteiger partial charge >= 0.3 is 0 Å². The first kappa shape index (κ1) is 5.76. The van der Waals surface area contributed by atoms with E-state index in [4.69, 9.17) is 0 Å². The molecule has 0 saturated carbocycles. The lowest BCUT2D eigenvalue weighted by molar-refractivity contribution is 0.909. The molecule has 0 atom stereocenters. The molecular formula is C6H9NS. The maximum atomic E-state index is 4.12. The summed E-state index contributed by atoms with van der Waals surface area (Å²) in [5.41, 5.74) is 0. The SMILES string of the molecule is CCCc1nccs1. The van der Waals surface area contributed by atoms with Gasteiger partial charge in [0.15, 0.2) is 0 Å². The average molecular weight is 127 g/mol. The van der Waals surface area contributed by atoms with Crippen molar-refractivity contribution in [1.29, 1.82) is 0 Å². The third-order valence-corrected chi connectivity index (χ3v) is 1.79. The maximum Gasteiger partial charge on any atom is 0.0924 e. The monoisotopic (exact) mass is 127 g/mol. The van der Waals surface area contributed by atoms with E-state index in [2.05, 4.69) is 11.9 Å². The molecule has 0 aliphatic rings. The number of hydrogen-bond acceptors (Lipinski definition) is 2. The van der Waals surface area contributed by atoms with Gasteiger partial charge in [0.25, 0.3) is 0 Å². The molecule has 2 heteroatoms. The molecule has 1 aromatic heterocycles. The molecule has 44 valence electrons. The van der Waals surface area contributed by atoms with Crippen molar-refractivity contribution in [2.24, 2.45) is 0 Å². The van der Waals surface area contributed by atoms with Crippen LogP contribution in [0.15, 0.2) is 11.6 Å². The first-order valence-corrected chi connectivity index (χ1v) is 3.70. The van der Waals surface area contributed by atoms with Crippen molar-refractivity contribution in [2.75, 3.05) is 0 Å². The van der Waals surface area contributed by atoms with Crippen molar-refractivity contribution in [3.8, 4) is 0 Å². The Morgan fingerprint density at radius 1 is 1.75 bits per heavy atom. The van der Waals surface area contributed by atoms with Gasteiger partial charge in [-0.25, -0.2) is 4.98 Å². The first-order chi connectivity index (χ1) is 3.93. The van der Waals surface area contributed by atoms with Crippen molar-refractivity contribution < 1.29 is 0 Å². The predicted octanol–water partition coefficient (Wildman–Crippen LogP) is 2.10. The molecule has 0 saturated heterocycles. The number of rotatable bonds is 2. The molecule has 0 fully saturated rings. The van der Waals surface area contributed by atoms with Crippen LogP contribution in [-0.4, -0.2) is 4.98 Å². The second kappa shape index (κ2) is 2.82. The molecule has 0 unspecified atom stereocenters. The summed E-state index contributed by atoms with van der Waals surface area (Å²) >= 11 is 1.74. The number of hydrogen-bond donors (Lipinski definition) is 0. The summed E-state index contributed by atoms with van der Waals surface area (Å²) in [5.74, 6) is 0. The Hall–Kier alpha value is -0.370. The minimum atomic E-state index is 1.14. The highest BCUT2D eigenvalue weighted by molar-refractivity contribution is 7.09. The first-order valence-electron chi connectivity index (χ1n) is 2.82. The van der Waals surface area contributed by atoms with Gasteiger partial charge in [-0.05, 0) is 12.8 Å². The van der Waals surface area contributed by atoms with E-state index in [9.17, 15) is 0 Å². The molecule has 0 aromatic carbocycles. The summed E-state index contributed by atoms with van der Waals surface area (Å²) in [6, 6.07) is 0. The lowest BCUT2D eigenvalue weighted by Gasteiger charge is -1.84. The summed E-state index contributed by atoms with van der Waals surface area (Å²) in [5, 5.41) is 3.28. The molecule has 1 heterocycles. The van der Waals surface area contributed by atoms with Gasteiger partial charge in [0.2, 0.25) is 0 Å². The predicted molar refractivity (Wildman–Crippen MR) is 36.1 cm³/mol. The highest BCUT2D eigenvalue weighted by atomic mass is 32.1. The molecular weight excluding hydrogens is 118 g/mol. The van der Waals surface area contributed by atoms with E-state index in [1.165, 1.54) is 11.4 Å². The van der Waals surface area contributed by atoms with E-state index in [1.54, 1.807) is 11.3 Å². The fourth-order valence-electron chi connectivity index (χ4n) is 0.590. The Morgan fingerprint density at radius 2 is 2.62 bits per heavy atom. The van der Waals surface area contributed by atoms with E-state index in [1.807, 2.05) is 11.6 Å². The van der Waals surface area contributed by atoms with Crippen LogP contribution in [0.3, 0.4) is 0 Å². The van der Waals surface area contributed by atoms with Crippen molar-refractivity contribution in [1.82, 2.24) is 4.98 Å². The second-order valence-corrected chi connectivity index (χ2v) is 2.65. The van der Waals surface area contributed by atoms with E-state index in [0.29, 0.717) is 0 Å². The van der Waals surface area contributed by atoms with Crippen molar-refractivity contribution in [3.63, 3.8) is 0 Å². The standard InChI is InChI=1S/C6H9NS/c1-2-3-6-7-4-5-8-6/h4-5H,2-3H2,1H3. The zero-order chi connectivity index (χ0) is 5.82. The second-order valence-electron chi connectivity index (χ2n) is 1.68. The number of thiazole rings is 1. The average Bonchev–Trinajstić information content (AvgIpc) is 2.19. The smallest absolute Gasteiger partial charge is 0.0924 e. The van der Waals surface area contributed by atoms with Gasteiger partial charge in [-0.15, -0.1) is 11.3 Å². The van der Waals surface area contributed by atoms with Crippen LogP contribution in [-0.2, 0) is 6.42 Å². The van der Waals surface area contributed by atoms with E-state index in [0.717, 1.165) is 6.42 Å². The van der Waals surface area contributed by atoms with Crippen LogP contribution >= 0.6 is 11.3 Å². The highest BCUT2D eigenvalue weighted by Crippen LogP contribution is 2.05. The number of aromatic nitrogens is 1. The molecule has 0 aliphatic carbocycles. The Kier molecular flexibility index (Phi) is 2.03. The number of aryl methyl sites for hydroxylation is 1. The summed E-state index contributed by atoms with van der Waals surface area (Å²) < 4.78 is 0. The van der Waals surface area contributed by atoms with Crippen LogP contribution in [0.1, 0.15) is 18.4 Å². The molecule has 0 radical (unpaired) electrons. The van der Waals surface area contributed by atoms with E-state index >= 15 is 0 Å². The third kappa shape index (κ3) is 1.30. The Labute approximate surface area is 53.4 Å². The maximum absolute atomic E-state index is 4.12. The summed E-state index contributed by atoms with van der Waals surface area (Å²) in [6.45, 7) is 2.17. The Morgan fingerprint density at radius 3 is 3.12 bits per heavy atom. The van der Waals surface area contributed by atoms with Gasteiger partial charge < -0.3 is 0 Å². The van der Waals surface area contributed by atoms with E-state index in [-0.39, 0.29) is 0 Å². The highest BCUT2D eigenvalue weighted by Gasteiger charge is 1.88. The number of nitrogens with zero attached hydrogens (tertiary/aromatic N) is 1. The summed E-state index contributed by atoms with van der Waals surface area (Å²) in [7, 11) is 0. The molecule has 1 rings (SSSR count). The zero-order valence-electron chi connectivity index (χ0n) is 4.92. The molecule has 0 bridgehead atoms. The summed E-state index contributed by atoms with van der Waals surface area (Å²) in [6.07, 6.45) is 4.20. The minimum absolute atomic E-state index is 1.14. The largest absolute Gasteiger partial charge is 0.250 e. The normalized spacial score (nSPS) is 9.62. The van der Waals surface area contributed by atoms with Gasteiger partial charge in [-0.3, -0.25) is 0 Å². The Balaban J connectivity index is 2.50. The quantitative estimate of drug-likeness (QED) is 0.593. The van der Waals surface area contributed by atoms with Crippen LogP contribution < -0.4 is 0 Å². The van der Waals surface area contributed by atoms with Crippen LogP contribution in [0.5, 0.6) is 0 Å². The van der Waals surface area contributed by atoms with Gasteiger partial charge in [0, 0.05) is 11.6 Å². The van der Waals surface area contributed by atoms with Gasteiger partial charge in [0.1, 0.15) is 0 Å². The molecule has 0 N–H and O–H groups in total. The van der Waals surface area contributed by atoms with Gasteiger partial charge in [-0.2, -0.15) is 0 Å². The van der Waals surface area contributed by atoms with Crippen molar-refractivity contribution >= 4 is 11.3 Å². The van der Waals surface area contributed by atoms with Gasteiger partial charge in [0.05, 0.1) is 5.01 Å². The molecule has 0 amide bonds. The topological polar surface area (TPSA) is 12.9 Å². The molecule has 1 nitrogen and oxygen atoms in total. The van der Waals surface area contributed by atoms with Crippen molar-refractivity contribution in [2.45, 2.75) is 19.8 Å². The Bertz CT molecular complexity index is 134. The van der Waals surface area contributed by atoms with Crippen LogP contribution in [0.2, 0.25) is 0 Å². The lowest BCUT2D eigenvalue weighted by atomic mass is 10.4. The van der Waals surface area contributed by atoms with Crippen molar-refractivity contribution in [3.05, 3.63) is 16.6 Å². The van der Waals surface area contributed by atoms with Gasteiger partial charge in [-0.1, -0.05) is 6.92 Å². The molecule has 8 heavy (non-hydrogen) atoms. The lowest BCUT2D eigenvalue weighted by Crippen LogP contribution is -1.76. The van der Waals surface area contributed by atoms with Crippen LogP contribution in [0.25, 0.3) is 0 Å². The van der Waals surface area contributed by atoms with Crippen LogP contribution in [0.4, 0.5) is 0 Å². The zero-order valence-corrected chi connectivity index (χ0v) is 5.74. The minimum Gasteiger partial charge on any atom is -0.250 e. The van der Waals surface area contributed by atoms with E-state index < -0.39 is 0 Å². The fourth-order valence-corrected chi connectivity index (χ4v) is 1.31. The van der Waals surface area contributed by atoms with Crippen LogP contribution in [0, 0.1) is 0 Å². The molecule has 0 aliphatic heterocycles.